The van der Waals surface area contributed by atoms with Gasteiger partial charge in [0.05, 0.1) is 18.4 Å². The lowest BCUT2D eigenvalue weighted by Crippen LogP contribution is -2.28. The highest BCUT2D eigenvalue weighted by atomic mass is 15.1. The zero-order chi connectivity index (χ0) is 13.5. The maximum absolute atomic E-state index is 5.51. The van der Waals surface area contributed by atoms with Gasteiger partial charge in [0.1, 0.15) is 0 Å². The van der Waals surface area contributed by atoms with Crippen molar-refractivity contribution < 1.29 is 0 Å². The lowest BCUT2D eigenvalue weighted by atomic mass is 10.2. The van der Waals surface area contributed by atoms with Crippen molar-refractivity contribution >= 4 is 5.69 Å². The van der Waals surface area contributed by atoms with Crippen molar-refractivity contribution in [2.24, 2.45) is 5.92 Å². The smallest absolute Gasteiger partial charge is 0.0792 e. The molecule has 1 aromatic rings. The Balaban J connectivity index is 2.08. The Bertz CT molecular complexity index is 432. The molecule has 1 N–H and O–H groups in total. The largest absolute Gasteiger partial charge is 0.359 e. The Morgan fingerprint density at radius 3 is 3.05 bits per heavy atom. The van der Waals surface area contributed by atoms with Crippen LogP contribution in [-0.2, 0) is 6.54 Å². The fourth-order valence-electron chi connectivity index (χ4n) is 2.22. The van der Waals surface area contributed by atoms with Crippen LogP contribution in [0.5, 0.6) is 0 Å². The Hall–Kier alpha value is -1.53. The van der Waals surface area contributed by atoms with Gasteiger partial charge in [0.2, 0.25) is 0 Å². The summed E-state index contributed by atoms with van der Waals surface area (Å²) in [5.41, 5.74) is 2.48. The summed E-state index contributed by atoms with van der Waals surface area (Å²) in [5, 5.41) is 3.45. The van der Waals surface area contributed by atoms with E-state index >= 15 is 0 Å². The van der Waals surface area contributed by atoms with Crippen LogP contribution < -0.4 is 10.2 Å². The average Bonchev–Trinajstić information content (AvgIpc) is 3.23. The molecule has 0 amide bonds. The molecule has 3 nitrogen and oxygen atoms in total. The number of nitrogens with one attached hydrogen (secondary N) is 1. The van der Waals surface area contributed by atoms with Crippen LogP contribution in [0.2, 0.25) is 0 Å². The predicted molar refractivity (Wildman–Crippen MR) is 80.0 cm³/mol. The third kappa shape index (κ3) is 4.25. The fourth-order valence-corrected chi connectivity index (χ4v) is 2.22. The number of terminal acetylenes is 1. The van der Waals surface area contributed by atoms with E-state index < -0.39 is 0 Å². The average molecular weight is 257 g/mol. The summed E-state index contributed by atoms with van der Waals surface area (Å²) in [4.78, 5) is 6.57. The SMILES string of the molecule is C#CCN(CC1CC1)c1cnccc1CNCCC. The molecule has 19 heavy (non-hydrogen) atoms. The Morgan fingerprint density at radius 2 is 2.37 bits per heavy atom. The Labute approximate surface area is 116 Å². The van der Waals surface area contributed by atoms with Crippen molar-refractivity contribution in [1.29, 1.82) is 0 Å². The second-order valence-electron chi connectivity index (χ2n) is 5.21. The van der Waals surface area contributed by atoms with Crippen molar-refractivity contribution in [2.75, 3.05) is 24.5 Å². The second-order valence-corrected chi connectivity index (χ2v) is 5.21. The minimum atomic E-state index is 0.670. The molecule has 0 saturated heterocycles. The normalized spacial score (nSPS) is 14.1. The molecule has 0 radical (unpaired) electrons. The molecule has 2 rings (SSSR count). The zero-order valence-corrected chi connectivity index (χ0v) is 11.7. The van der Waals surface area contributed by atoms with E-state index in [1.165, 1.54) is 24.1 Å². The highest BCUT2D eigenvalue weighted by molar-refractivity contribution is 5.52. The van der Waals surface area contributed by atoms with Crippen LogP contribution in [-0.4, -0.2) is 24.6 Å². The minimum Gasteiger partial charge on any atom is -0.359 e. The lowest BCUT2D eigenvalue weighted by molar-refractivity contribution is 0.670. The van der Waals surface area contributed by atoms with Crippen LogP contribution >= 0.6 is 0 Å². The van der Waals surface area contributed by atoms with E-state index in [-0.39, 0.29) is 0 Å². The van der Waals surface area contributed by atoms with Gasteiger partial charge in [-0.15, -0.1) is 6.42 Å². The van der Waals surface area contributed by atoms with E-state index in [0.29, 0.717) is 6.54 Å². The number of hydrogen-bond donors (Lipinski definition) is 1. The van der Waals surface area contributed by atoms with Crippen molar-refractivity contribution in [3.63, 3.8) is 0 Å². The molecule has 3 heteroatoms. The molecule has 0 atom stereocenters. The molecule has 102 valence electrons. The molecule has 0 aliphatic heterocycles. The Kier molecular flexibility index (Phi) is 5.23. The number of rotatable bonds is 8. The summed E-state index contributed by atoms with van der Waals surface area (Å²) in [6, 6.07) is 2.09. The van der Waals surface area contributed by atoms with Gasteiger partial charge >= 0.3 is 0 Å². The van der Waals surface area contributed by atoms with Crippen LogP contribution in [0.4, 0.5) is 5.69 Å². The predicted octanol–water partition coefficient (Wildman–Crippen LogP) is 2.43. The summed E-state index contributed by atoms with van der Waals surface area (Å²) in [6.45, 7) is 5.84. The highest BCUT2D eigenvalue weighted by Crippen LogP contribution is 2.32. The molecule has 0 unspecified atom stereocenters. The van der Waals surface area contributed by atoms with E-state index in [1.54, 1.807) is 0 Å². The van der Waals surface area contributed by atoms with Gasteiger partial charge in [-0.05, 0) is 43.4 Å². The van der Waals surface area contributed by atoms with Crippen LogP contribution in [0.25, 0.3) is 0 Å². The summed E-state index contributed by atoms with van der Waals surface area (Å²) < 4.78 is 0. The van der Waals surface area contributed by atoms with E-state index in [9.17, 15) is 0 Å². The van der Waals surface area contributed by atoms with Crippen molar-refractivity contribution in [3.05, 3.63) is 24.0 Å². The number of pyridine rings is 1. The van der Waals surface area contributed by atoms with Gasteiger partial charge in [-0.25, -0.2) is 0 Å². The maximum atomic E-state index is 5.51. The number of aromatic nitrogens is 1. The van der Waals surface area contributed by atoms with Gasteiger partial charge < -0.3 is 10.2 Å². The molecule has 1 heterocycles. The molecule has 1 saturated carbocycles. The minimum absolute atomic E-state index is 0.670. The zero-order valence-electron chi connectivity index (χ0n) is 11.7. The summed E-state index contributed by atoms with van der Waals surface area (Å²) in [7, 11) is 0. The topological polar surface area (TPSA) is 28.2 Å². The molecule has 1 aliphatic carbocycles. The number of nitrogens with zero attached hydrogens (tertiary/aromatic N) is 2. The quantitative estimate of drug-likeness (QED) is 0.572. The molecule has 1 aromatic heterocycles. The standard InChI is InChI=1S/C16H23N3/c1-3-8-17-11-15-7-9-18-12-16(15)19(10-4-2)13-14-5-6-14/h2,7,9,12,14,17H,3,5-6,8,10-11,13H2,1H3. The van der Waals surface area contributed by atoms with Crippen molar-refractivity contribution in [1.82, 2.24) is 10.3 Å². The summed E-state index contributed by atoms with van der Waals surface area (Å²) in [6.07, 6.45) is 13.1. The van der Waals surface area contributed by atoms with Crippen LogP contribution in [0.15, 0.2) is 18.5 Å². The first kappa shape index (κ1) is 13.9. The van der Waals surface area contributed by atoms with E-state index in [0.717, 1.165) is 32.0 Å². The number of hydrogen-bond acceptors (Lipinski definition) is 3. The maximum Gasteiger partial charge on any atom is 0.0792 e. The molecule has 0 bridgehead atoms. The molecule has 0 aromatic carbocycles. The monoisotopic (exact) mass is 257 g/mol. The molecule has 1 aliphatic rings. The van der Waals surface area contributed by atoms with E-state index in [2.05, 4.69) is 34.1 Å². The van der Waals surface area contributed by atoms with Crippen LogP contribution in [0.3, 0.4) is 0 Å². The number of anilines is 1. The van der Waals surface area contributed by atoms with Gasteiger partial charge in [-0.1, -0.05) is 12.8 Å². The third-order valence-corrected chi connectivity index (χ3v) is 3.43. The van der Waals surface area contributed by atoms with Crippen molar-refractivity contribution in [3.8, 4) is 12.3 Å². The first-order valence-electron chi connectivity index (χ1n) is 7.17. The van der Waals surface area contributed by atoms with Gasteiger partial charge in [0.15, 0.2) is 0 Å². The van der Waals surface area contributed by atoms with Gasteiger partial charge in [-0.3, -0.25) is 4.98 Å². The summed E-state index contributed by atoms with van der Waals surface area (Å²) in [5.74, 6) is 3.60. The highest BCUT2D eigenvalue weighted by Gasteiger charge is 2.25. The van der Waals surface area contributed by atoms with Crippen LogP contribution in [0.1, 0.15) is 31.7 Å². The van der Waals surface area contributed by atoms with Crippen LogP contribution in [0, 0.1) is 18.3 Å². The first-order valence-corrected chi connectivity index (χ1v) is 7.17. The fraction of sp³-hybridized carbons (Fsp3) is 0.562. The second kappa shape index (κ2) is 7.16. The molecular formula is C16H23N3. The molecule has 0 spiro atoms. The molecular weight excluding hydrogens is 234 g/mol. The first-order chi connectivity index (χ1) is 9.35. The van der Waals surface area contributed by atoms with E-state index in [4.69, 9.17) is 6.42 Å². The van der Waals surface area contributed by atoms with E-state index in [1.807, 2.05) is 12.4 Å². The molecule has 1 fully saturated rings. The van der Waals surface area contributed by atoms with Gasteiger partial charge in [0, 0.05) is 19.3 Å². The Morgan fingerprint density at radius 1 is 1.53 bits per heavy atom. The third-order valence-electron chi connectivity index (χ3n) is 3.43. The van der Waals surface area contributed by atoms with Gasteiger partial charge in [-0.2, -0.15) is 0 Å². The summed E-state index contributed by atoms with van der Waals surface area (Å²) >= 11 is 0. The van der Waals surface area contributed by atoms with Crippen molar-refractivity contribution in [2.45, 2.75) is 32.7 Å². The van der Waals surface area contributed by atoms with Gasteiger partial charge in [0.25, 0.3) is 0 Å². The lowest BCUT2D eigenvalue weighted by Gasteiger charge is -2.24.